The lowest BCUT2D eigenvalue weighted by Gasteiger charge is -2.10. The zero-order chi connectivity index (χ0) is 23.9. The van der Waals surface area contributed by atoms with Crippen molar-refractivity contribution in [2.24, 2.45) is 5.10 Å². The average Bonchev–Trinajstić information content (AvgIpc) is 3.30. The van der Waals surface area contributed by atoms with Gasteiger partial charge >= 0.3 is 0 Å². The molecular formula is C24H19Cl2N3O5. The molecule has 0 atom stereocenters. The lowest BCUT2D eigenvalue weighted by molar-refractivity contribution is -0.120. The van der Waals surface area contributed by atoms with E-state index in [1.54, 1.807) is 42.5 Å². The summed E-state index contributed by atoms with van der Waals surface area (Å²) < 4.78 is 16.3. The van der Waals surface area contributed by atoms with Crippen molar-refractivity contribution in [3.63, 3.8) is 0 Å². The number of hydrazone groups is 1. The smallest absolute Gasteiger partial charge is 0.259 e. The zero-order valence-electron chi connectivity index (χ0n) is 17.7. The third kappa shape index (κ3) is 6.18. The third-order valence-electron chi connectivity index (χ3n) is 4.69. The van der Waals surface area contributed by atoms with Crippen molar-refractivity contribution in [2.75, 3.05) is 13.3 Å². The molecule has 2 N–H and O–H groups in total. The number of rotatable bonds is 8. The maximum Gasteiger partial charge on any atom is 0.259 e. The summed E-state index contributed by atoms with van der Waals surface area (Å²) in [6.07, 6.45) is 1.41. The van der Waals surface area contributed by atoms with Crippen LogP contribution in [0.5, 0.6) is 17.2 Å². The van der Waals surface area contributed by atoms with E-state index in [9.17, 15) is 9.59 Å². The normalized spacial score (nSPS) is 11.9. The molecule has 3 aromatic rings. The summed E-state index contributed by atoms with van der Waals surface area (Å²) in [5, 5.41) is 7.57. The summed E-state index contributed by atoms with van der Waals surface area (Å²) in [4.78, 5) is 24.4. The van der Waals surface area contributed by atoms with Gasteiger partial charge in [0.15, 0.2) is 11.5 Å². The largest absolute Gasteiger partial charge is 0.488 e. The van der Waals surface area contributed by atoms with Crippen LogP contribution < -0.4 is 25.0 Å². The van der Waals surface area contributed by atoms with Gasteiger partial charge in [-0.2, -0.15) is 5.10 Å². The molecule has 4 rings (SSSR count). The molecule has 0 bridgehead atoms. The van der Waals surface area contributed by atoms with Gasteiger partial charge in [0.05, 0.1) is 12.8 Å². The Morgan fingerprint density at radius 2 is 1.82 bits per heavy atom. The molecule has 1 aliphatic heterocycles. The molecule has 0 radical (unpaired) electrons. The molecule has 0 saturated heterocycles. The van der Waals surface area contributed by atoms with Crippen molar-refractivity contribution < 1.29 is 23.8 Å². The van der Waals surface area contributed by atoms with Crippen molar-refractivity contribution in [1.82, 2.24) is 10.7 Å². The monoisotopic (exact) mass is 499 g/mol. The number of amides is 2. The Morgan fingerprint density at radius 3 is 2.68 bits per heavy atom. The van der Waals surface area contributed by atoms with Crippen LogP contribution in [0.25, 0.3) is 0 Å². The number of ether oxygens (including phenoxy) is 3. The SMILES string of the molecule is O=C(CNC(=O)c1ccc2c(c1)OCO2)N/N=C/c1cc(Cl)ccc1OCc1cccc(Cl)c1. The molecular weight excluding hydrogens is 481 g/mol. The first-order valence-electron chi connectivity index (χ1n) is 10.1. The predicted molar refractivity (Wildman–Crippen MR) is 128 cm³/mol. The van der Waals surface area contributed by atoms with E-state index >= 15 is 0 Å². The van der Waals surface area contributed by atoms with Crippen LogP contribution >= 0.6 is 23.2 Å². The lowest BCUT2D eigenvalue weighted by atomic mass is 10.2. The predicted octanol–water partition coefficient (Wildman–Crippen LogP) is 4.18. The molecule has 2 amide bonds. The van der Waals surface area contributed by atoms with Gasteiger partial charge in [0.2, 0.25) is 6.79 Å². The van der Waals surface area contributed by atoms with Crippen LogP contribution in [-0.4, -0.2) is 31.4 Å². The van der Waals surface area contributed by atoms with Crippen LogP contribution in [0, 0.1) is 0 Å². The maximum absolute atomic E-state index is 12.3. The van der Waals surface area contributed by atoms with Gasteiger partial charge in [-0.05, 0) is 54.1 Å². The Morgan fingerprint density at radius 1 is 1.00 bits per heavy atom. The molecule has 3 aromatic carbocycles. The van der Waals surface area contributed by atoms with Gasteiger partial charge in [0.25, 0.3) is 11.8 Å². The van der Waals surface area contributed by atoms with Gasteiger partial charge in [-0.15, -0.1) is 0 Å². The molecule has 0 fully saturated rings. The van der Waals surface area contributed by atoms with E-state index in [-0.39, 0.29) is 13.3 Å². The maximum atomic E-state index is 12.3. The lowest BCUT2D eigenvalue weighted by Crippen LogP contribution is -2.34. The first-order chi connectivity index (χ1) is 16.5. The number of hydrogen-bond acceptors (Lipinski definition) is 6. The molecule has 34 heavy (non-hydrogen) atoms. The first-order valence-corrected chi connectivity index (χ1v) is 10.9. The highest BCUT2D eigenvalue weighted by atomic mass is 35.5. The summed E-state index contributed by atoms with van der Waals surface area (Å²) in [6.45, 7) is 0.139. The average molecular weight is 500 g/mol. The van der Waals surface area contributed by atoms with Crippen molar-refractivity contribution in [1.29, 1.82) is 0 Å². The highest BCUT2D eigenvalue weighted by molar-refractivity contribution is 6.31. The van der Waals surface area contributed by atoms with Crippen LogP contribution in [0.15, 0.2) is 65.8 Å². The number of carbonyl (C=O) groups excluding carboxylic acids is 2. The number of carbonyl (C=O) groups is 2. The quantitative estimate of drug-likeness (QED) is 0.357. The number of hydrogen-bond donors (Lipinski definition) is 2. The number of halogens is 2. The van der Waals surface area contributed by atoms with E-state index in [2.05, 4.69) is 15.8 Å². The molecule has 10 heteroatoms. The molecule has 0 aliphatic carbocycles. The summed E-state index contributed by atoms with van der Waals surface area (Å²) >= 11 is 12.1. The van der Waals surface area contributed by atoms with E-state index in [1.807, 2.05) is 18.2 Å². The topological polar surface area (TPSA) is 98.3 Å². The number of fused-ring (bicyclic) bond motifs is 1. The Balaban J connectivity index is 1.30. The van der Waals surface area contributed by atoms with E-state index < -0.39 is 11.8 Å². The molecule has 1 heterocycles. The van der Waals surface area contributed by atoms with Crippen molar-refractivity contribution in [2.45, 2.75) is 6.61 Å². The van der Waals surface area contributed by atoms with Crippen molar-refractivity contribution >= 4 is 41.2 Å². The van der Waals surface area contributed by atoms with Crippen LogP contribution in [0.1, 0.15) is 21.5 Å². The van der Waals surface area contributed by atoms with E-state index in [4.69, 9.17) is 37.4 Å². The Bertz CT molecular complexity index is 1250. The second-order valence-corrected chi connectivity index (χ2v) is 8.02. The molecule has 0 saturated carbocycles. The molecule has 0 aromatic heterocycles. The minimum absolute atomic E-state index is 0.112. The second-order valence-electron chi connectivity index (χ2n) is 7.14. The summed E-state index contributed by atoms with van der Waals surface area (Å²) in [5.41, 5.74) is 4.18. The van der Waals surface area contributed by atoms with Gasteiger partial charge in [0, 0.05) is 21.2 Å². The van der Waals surface area contributed by atoms with Gasteiger partial charge in [-0.3, -0.25) is 9.59 Å². The summed E-state index contributed by atoms with van der Waals surface area (Å²) in [7, 11) is 0. The number of nitrogens with one attached hydrogen (secondary N) is 2. The van der Waals surface area contributed by atoms with Crippen LogP contribution in [0.3, 0.4) is 0 Å². The van der Waals surface area contributed by atoms with Gasteiger partial charge in [-0.25, -0.2) is 5.43 Å². The van der Waals surface area contributed by atoms with Gasteiger partial charge in [0.1, 0.15) is 12.4 Å². The van der Waals surface area contributed by atoms with E-state index in [0.717, 1.165) is 5.56 Å². The molecule has 0 unspecified atom stereocenters. The Labute approximate surface area is 205 Å². The van der Waals surface area contributed by atoms with E-state index in [0.29, 0.717) is 45.0 Å². The fourth-order valence-corrected chi connectivity index (χ4v) is 3.45. The molecule has 1 aliphatic rings. The summed E-state index contributed by atoms with van der Waals surface area (Å²) in [5.74, 6) is 0.647. The van der Waals surface area contributed by atoms with Crippen LogP contribution in [-0.2, 0) is 11.4 Å². The van der Waals surface area contributed by atoms with E-state index in [1.165, 1.54) is 6.21 Å². The third-order valence-corrected chi connectivity index (χ3v) is 5.16. The Hall–Kier alpha value is -3.75. The minimum atomic E-state index is -0.506. The van der Waals surface area contributed by atoms with Crippen LogP contribution in [0.4, 0.5) is 0 Å². The Kier molecular flexibility index (Phi) is 7.51. The fourth-order valence-electron chi connectivity index (χ4n) is 3.05. The molecule has 8 nitrogen and oxygen atoms in total. The first kappa shape index (κ1) is 23.4. The van der Waals surface area contributed by atoms with Gasteiger partial charge in [-0.1, -0.05) is 35.3 Å². The van der Waals surface area contributed by atoms with Gasteiger partial charge < -0.3 is 19.5 Å². The van der Waals surface area contributed by atoms with Crippen LogP contribution in [0.2, 0.25) is 10.0 Å². The zero-order valence-corrected chi connectivity index (χ0v) is 19.2. The molecule has 174 valence electrons. The summed E-state index contributed by atoms with van der Waals surface area (Å²) in [6, 6.07) is 17.2. The fraction of sp³-hybridized carbons (Fsp3) is 0.125. The van der Waals surface area contributed by atoms with Crippen molar-refractivity contribution in [3.05, 3.63) is 87.4 Å². The van der Waals surface area contributed by atoms with Crippen molar-refractivity contribution in [3.8, 4) is 17.2 Å². The minimum Gasteiger partial charge on any atom is -0.488 e. The number of benzene rings is 3. The highest BCUT2D eigenvalue weighted by Crippen LogP contribution is 2.32. The number of nitrogens with zero attached hydrogens (tertiary/aromatic N) is 1. The molecule has 0 spiro atoms. The highest BCUT2D eigenvalue weighted by Gasteiger charge is 2.16. The standard InChI is InChI=1S/C24H19Cl2N3O5/c25-18-3-1-2-15(8-18)13-32-20-7-5-19(26)9-17(20)11-28-29-23(30)12-27-24(31)16-4-6-21-22(10-16)34-14-33-21/h1-11H,12-14H2,(H,27,31)(H,29,30)/b28-11+. The second kappa shape index (κ2) is 10.9.